The van der Waals surface area contributed by atoms with Gasteiger partial charge in [-0.15, -0.1) is 11.8 Å². The molecule has 0 spiro atoms. The first-order valence-electron chi connectivity index (χ1n) is 6.35. The first-order valence-corrected chi connectivity index (χ1v) is 8.56. The van der Waals surface area contributed by atoms with Crippen molar-refractivity contribution in [3.05, 3.63) is 24.3 Å². The number of thioether (sulfide) groups is 2. The van der Waals surface area contributed by atoms with Crippen LogP contribution < -0.4 is 5.32 Å². The summed E-state index contributed by atoms with van der Waals surface area (Å²) >= 11 is 3.60. The second kappa shape index (κ2) is 6.02. The molecule has 0 unspecified atom stereocenters. The number of hydrogen-bond acceptors (Lipinski definition) is 4. The molecular formula is C14H20N2S2. The quantitative estimate of drug-likeness (QED) is 0.823. The van der Waals surface area contributed by atoms with E-state index in [-0.39, 0.29) is 5.54 Å². The lowest BCUT2D eigenvalue weighted by Crippen LogP contribution is -2.24. The molecule has 0 aromatic heterocycles. The highest BCUT2D eigenvalue weighted by atomic mass is 32.2. The molecule has 0 radical (unpaired) electrons. The Morgan fingerprint density at radius 1 is 1.39 bits per heavy atom. The van der Waals surface area contributed by atoms with Crippen LogP contribution in [0.5, 0.6) is 0 Å². The predicted octanol–water partition coefficient (Wildman–Crippen LogP) is 4.48. The number of hydrogen-bond donors (Lipinski definition) is 1. The van der Waals surface area contributed by atoms with Gasteiger partial charge >= 0.3 is 0 Å². The van der Waals surface area contributed by atoms with Crippen molar-refractivity contribution in [1.82, 2.24) is 0 Å². The molecule has 1 aromatic rings. The Morgan fingerprint density at radius 2 is 2.17 bits per heavy atom. The fraction of sp³-hybridized carbons (Fsp3) is 0.500. The molecule has 4 heteroatoms. The molecule has 98 valence electrons. The van der Waals surface area contributed by atoms with Gasteiger partial charge in [0.15, 0.2) is 5.17 Å². The molecule has 0 aliphatic carbocycles. The second-order valence-electron chi connectivity index (χ2n) is 4.49. The van der Waals surface area contributed by atoms with E-state index in [4.69, 9.17) is 4.99 Å². The smallest absolute Gasteiger partial charge is 0.161 e. The van der Waals surface area contributed by atoms with E-state index in [9.17, 15) is 0 Å². The van der Waals surface area contributed by atoms with Crippen LogP contribution >= 0.6 is 23.5 Å². The minimum Gasteiger partial charge on any atom is -0.335 e. The van der Waals surface area contributed by atoms with Gasteiger partial charge in [-0.25, -0.2) is 0 Å². The Kier molecular flexibility index (Phi) is 4.62. The summed E-state index contributed by atoms with van der Waals surface area (Å²) in [5, 5.41) is 4.51. The van der Waals surface area contributed by atoms with Crippen molar-refractivity contribution in [1.29, 1.82) is 0 Å². The van der Waals surface area contributed by atoms with Gasteiger partial charge in [-0.1, -0.05) is 31.7 Å². The summed E-state index contributed by atoms with van der Waals surface area (Å²) in [6.07, 6.45) is 4.33. The number of anilines is 1. The van der Waals surface area contributed by atoms with E-state index in [1.165, 1.54) is 4.90 Å². The SMILES string of the molecule is CCC1(CC)CSC(Nc2cccc(SC)c2)=N1. The van der Waals surface area contributed by atoms with Gasteiger partial charge in [0, 0.05) is 16.3 Å². The van der Waals surface area contributed by atoms with Crippen LogP contribution in [0.3, 0.4) is 0 Å². The van der Waals surface area contributed by atoms with Gasteiger partial charge in [-0.2, -0.15) is 0 Å². The molecule has 1 heterocycles. The summed E-state index contributed by atoms with van der Waals surface area (Å²) in [5.41, 5.74) is 1.29. The van der Waals surface area contributed by atoms with Gasteiger partial charge in [0.25, 0.3) is 0 Å². The minimum absolute atomic E-state index is 0.157. The number of rotatable bonds is 4. The van der Waals surface area contributed by atoms with Gasteiger partial charge in [0.2, 0.25) is 0 Å². The lowest BCUT2D eigenvalue weighted by Gasteiger charge is -2.20. The van der Waals surface area contributed by atoms with Crippen LogP contribution in [-0.2, 0) is 0 Å². The van der Waals surface area contributed by atoms with Gasteiger partial charge in [0.05, 0.1) is 5.54 Å². The summed E-state index contributed by atoms with van der Waals surface area (Å²) in [7, 11) is 0. The molecule has 1 aliphatic rings. The average Bonchev–Trinajstić information content (AvgIpc) is 2.83. The second-order valence-corrected chi connectivity index (χ2v) is 6.34. The molecule has 0 saturated heterocycles. The number of nitrogens with zero attached hydrogens (tertiary/aromatic N) is 1. The van der Waals surface area contributed by atoms with Crippen molar-refractivity contribution in [3.8, 4) is 0 Å². The van der Waals surface area contributed by atoms with E-state index in [0.29, 0.717) is 0 Å². The highest BCUT2D eigenvalue weighted by molar-refractivity contribution is 8.14. The maximum Gasteiger partial charge on any atom is 0.161 e. The van der Waals surface area contributed by atoms with E-state index >= 15 is 0 Å². The van der Waals surface area contributed by atoms with Gasteiger partial charge < -0.3 is 5.32 Å². The van der Waals surface area contributed by atoms with E-state index < -0.39 is 0 Å². The zero-order chi connectivity index (χ0) is 13.0. The van der Waals surface area contributed by atoms with E-state index in [0.717, 1.165) is 29.4 Å². The Bertz CT molecular complexity index is 439. The number of amidine groups is 1. The van der Waals surface area contributed by atoms with Crippen molar-refractivity contribution in [3.63, 3.8) is 0 Å². The molecule has 0 bridgehead atoms. The van der Waals surface area contributed by atoms with E-state index in [1.54, 1.807) is 11.8 Å². The normalized spacial score (nSPS) is 17.6. The third-order valence-electron chi connectivity index (χ3n) is 3.45. The van der Waals surface area contributed by atoms with Crippen molar-refractivity contribution in [2.45, 2.75) is 37.1 Å². The maximum absolute atomic E-state index is 4.87. The third kappa shape index (κ3) is 3.04. The Hall–Kier alpha value is -0.610. The van der Waals surface area contributed by atoms with Crippen molar-refractivity contribution in [2.24, 2.45) is 4.99 Å². The fourth-order valence-electron chi connectivity index (χ4n) is 1.98. The van der Waals surface area contributed by atoms with Gasteiger partial charge in [-0.3, -0.25) is 4.99 Å². The minimum atomic E-state index is 0.157. The summed E-state index contributed by atoms with van der Waals surface area (Å²) in [5.74, 6) is 1.10. The molecule has 1 aromatic carbocycles. The standard InChI is InChI=1S/C14H20N2S2/c1-4-14(5-2)10-18-13(16-14)15-11-7-6-8-12(9-11)17-3/h6-9H,4-5,10H2,1-3H3,(H,15,16). The molecule has 1 aliphatic heterocycles. The molecule has 1 N–H and O–H groups in total. The van der Waals surface area contributed by atoms with Crippen LogP contribution in [-0.4, -0.2) is 22.7 Å². The molecule has 0 atom stereocenters. The first kappa shape index (κ1) is 13.8. The Balaban J connectivity index is 2.10. The van der Waals surface area contributed by atoms with Gasteiger partial charge in [-0.05, 0) is 37.3 Å². The maximum atomic E-state index is 4.87. The molecule has 0 saturated carbocycles. The highest BCUT2D eigenvalue weighted by Gasteiger charge is 2.31. The lowest BCUT2D eigenvalue weighted by atomic mass is 9.97. The van der Waals surface area contributed by atoms with Crippen LogP contribution in [0.4, 0.5) is 5.69 Å². The zero-order valence-corrected chi connectivity index (χ0v) is 12.8. The molecule has 0 amide bonds. The van der Waals surface area contributed by atoms with E-state index in [1.807, 2.05) is 11.8 Å². The third-order valence-corrected chi connectivity index (χ3v) is 5.33. The lowest BCUT2D eigenvalue weighted by molar-refractivity contribution is 0.456. The highest BCUT2D eigenvalue weighted by Crippen LogP contribution is 2.34. The summed E-state index contributed by atoms with van der Waals surface area (Å²) in [6.45, 7) is 4.45. The fourth-order valence-corrected chi connectivity index (χ4v) is 3.77. The molecular weight excluding hydrogens is 260 g/mol. The van der Waals surface area contributed by atoms with Crippen LogP contribution in [0.15, 0.2) is 34.2 Å². The largest absolute Gasteiger partial charge is 0.335 e. The van der Waals surface area contributed by atoms with Crippen LogP contribution in [0.1, 0.15) is 26.7 Å². The first-order chi connectivity index (χ1) is 8.71. The van der Waals surface area contributed by atoms with Crippen LogP contribution in [0.2, 0.25) is 0 Å². The monoisotopic (exact) mass is 280 g/mol. The number of nitrogens with one attached hydrogen (secondary N) is 1. The molecule has 2 rings (SSSR count). The van der Waals surface area contributed by atoms with Crippen molar-refractivity contribution < 1.29 is 0 Å². The predicted molar refractivity (Wildman–Crippen MR) is 85.1 cm³/mol. The van der Waals surface area contributed by atoms with E-state index in [2.05, 4.69) is 49.7 Å². The molecule has 0 fully saturated rings. The summed E-state index contributed by atoms with van der Waals surface area (Å²) in [4.78, 5) is 6.15. The van der Waals surface area contributed by atoms with Crippen LogP contribution in [0, 0.1) is 0 Å². The van der Waals surface area contributed by atoms with Crippen molar-refractivity contribution >= 4 is 34.4 Å². The average molecular weight is 280 g/mol. The summed E-state index contributed by atoms with van der Waals surface area (Å²) < 4.78 is 0. The Morgan fingerprint density at radius 3 is 2.78 bits per heavy atom. The van der Waals surface area contributed by atoms with Gasteiger partial charge in [0.1, 0.15) is 0 Å². The number of aliphatic imine (C=N–C) groups is 1. The summed E-state index contributed by atoms with van der Waals surface area (Å²) in [6, 6.07) is 8.48. The molecule has 18 heavy (non-hydrogen) atoms. The zero-order valence-electron chi connectivity index (χ0n) is 11.2. The Labute approximate surface area is 118 Å². The topological polar surface area (TPSA) is 24.4 Å². The van der Waals surface area contributed by atoms with Crippen LogP contribution in [0.25, 0.3) is 0 Å². The number of benzene rings is 1. The van der Waals surface area contributed by atoms with Crippen molar-refractivity contribution in [2.75, 3.05) is 17.3 Å². The molecule has 2 nitrogen and oxygen atoms in total.